The maximum Gasteiger partial charge on any atom is 0.226 e. The fourth-order valence-electron chi connectivity index (χ4n) is 3.14. The average molecular weight is 407 g/mol. The van der Waals surface area contributed by atoms with Gasteiger partial charge in [-0.25, -0.2) is 4.98 Å². The minimum Gasteiger partial charge on any atom is -0.497 e. The van der Waals surface area contributed by atoms with Crippen LogP contribution in [0.5, 0.6) is 5.75 Å². The van der Waals surface area contributed by atoms with Crippen LogP contribution in [0.15, 0.2) is 58.3 Å². The second kappa shape index (κ2) is 8.13. The van der Waals surface area contributed by atoms with Gasteiger partial charge in [-0.3, -0.25) is 0 Å². The fourth-order valence-corrected chi connectivity index (χ4v) is 3.93. The summed E-state index contributed by atoms with van der Waals surface area (Å²) >= 11 is 1.58. The zero-order valence-corrected chi connectivity index (χ0v) is 17.7. The summed E-state index contributed by atoms with van der Waals surface area (Å²) in [5.74, 6) is 2.88. The molecule has 7 heteroatoms. The molecular weight excluding hydrogens is 384 g/mol. The van der Waals surface area contributed by atoms with Crippen molar-refractivity contribution in [2.45, 2.75) is 24.8 Å². The Morgan fingerprint density at radius 2 is 1.97 bits per heavy atom. The van der Waals surface area contributed by atoms with Gasteiger partial charge in [0.1, 0.15) is 12.0 Å². The molecule has 0 saturated carbocycles. The quantitative estimate of drug-likeness (QED) is 0.417. The molecule has 2 aromatic carbocycles. The Kier molecular flexibility index (Phi) is 5.40. The molecule has 0 saturated heterocycles. The van der Waals surface area contributed by atoms with Crippen LogP contribution >= 0.6 is 11.8 Å². The molecule has 4 aromatic rings. The largest absolute Gasteiger partial charge is 0.497 e. The van der Waals surface area contributed by atoms with Crippen molar-refractivity contribution < 1.29 is 9.15 Å². The highest BCUT2D eigenvalue weighted by Gasteiger charge is 2.14. The number of benzene rings is 2. The molecule has 29 heavy (non-hydrogen) atoms. The summed E-state index contributed by atoms with van der Waals surface area (Å²) in [5.41, 5.74) is 5.23. The number of aryl methyl sites for hydroxylation is 2. The number of methoxy groups -OCH3 is 1. The molecule has 0 amide bonds. The normalized spacial score (nSPS) is 11.0. The van der Waals surface area contributed by atoms with Crippen molar-refractivity contribution in [3.05, 3.63) is 65.5 Å². The topological polar surface area (TPSA) is 66.0 Å². The summed E-state index contributed by atoms with van der Waals surface area (Å²) in [6.07, 6.45) is 1.71. The van der Waals surface area contributed by atoms with E-state index in [2.05, 4.69) is 47.2 Å². The Labute approximate surface area is 174 Å². The summed E-state index contributed by atoms with van der Waals surface area (Å²) in [6, 6.07) is 14.1. The second-order valence-corrected chi connectivity index (χ2v) is 7.79. The second-order valence-electron chi connectivity index (χ2n) is 6.85. The van der Waals surface area contributed by atoms with E-state index < -0.39 is 0 Å². The molecule has 0 aliphatic rings. The molecule has 0 aliphatic carbocycles. The number of nitrogens with zero attached hydrogens (tertiary/aromatic N) is 4. The van der Waals surface area contributed by atoms with Crippen molar-refractivity contribution in [2.75, 3.05) is 7.11 Å². The van der Waals surface area contributed by atoms with Gasteiger partial charge in [0.2, 0.25) is 5.89 Å². The zero-order valence-electron chi connectivity index (χ0n) is 16.8. The lowest BCUT2D eigenvalue weighted by atomic mass is 10.1. The fraction of sp³-hybridized carbons (Fsp3) is 0.227. The van der Waals surface area contributed by atoms with Crippen LogP contribution in [-0.4, -0.2) is 26.9 Å². The molecule has 2 heterocycles. The Balaban J connectivity index is 1.49. The lowest BCUT2D eigenvalue weighted by Gasteiger charge is -2.05. The summed E-state index contributed by atoms with van der Waals surface area (Å²) in [4.78, 5) is 4.64. The highest BCUT2D eigenvalue weighted by atomic mass is 32.2. The van der Waals surface area contributed by atoms with Gasteiger partial charge in [-0.1, -0.05) is 41.6 Å². The Morgan fingerprint density at radius 1 is 1.10 bits per heavy atom. The van der Waals surface area contributed by atoms with Crippen LogP contribution in [0.3, 0.4) is 0 Å². The summed E-state index contributed by atoms with van der Waals surface area (Å²) in [5, 5.41) is 9.49. The third-order valence-electron chi connectivity index (χ3n) is 4.68. The lowest BCUT2D eigenvalue weighted by molar-refractivity contribution is 0.415. The molecule has 0 fully saturated rings. The number of rotatable bonds is 6. The maximum absolute atomic E-state index is 5.71. The van der Waals surface area contributed by atoms with Crippen LogP contribution < -0.4 is 4.74 Å². The van der Waals surface area contributed by atoms with Gasteiger partial charge in [0, 0.05) is 23.9 Å². The highest BCUT2D eigenvalue weighted by molar-refractivity contribution is 7.98. The first-order chi connectivity index (χ1) is 14.0. The van der Waals surface area contributed by atoms with Crippen LogP contribution in [0.1, 0.15) is 16.8 Å². The van der Waals surface area contributed by atoms with Crippen molar-refractivity contribution in [1.82, 2.24) is 19.7 Å². The van der Waals surface area contributed by atoms with E-state index in [1.165, 1.54) is 5.56 Å². The van der Waals surface area contributed by atoms with E-state index in [9.17, 15) is 0 Å². The first kappa shape index (κ1) is 19.3. The van der Waals surface area contributed by atoms with E-state index in [4.69, 9.17) is 9.15 Å². The molecule has 0 N–H and O–H groups in total. The Hall–Kier alpha value is -3.06. The summed E-state index contributed by atoms with van der Waals surface area (Å²) in [6.45, 7) is 4.15. The molecular formula is C22H22N4O2S. The molecule has 0 aliphatic heterocycles. The Bertz CT molecular complexity index is 1150. The number of thioether (sulfide) groups is 1. The minimum atomic E-state index is 0.646. The first-order valence-corrected chi connectivity index (χ1v) is 10.2. The van der Waals surface area contributed by atoms with E-state index in [0.717, 1.165) is 39.1 Å². The van der Waals surface area contributed by atoms with Crippen LogP contribution in [0.25, 0.3) is 22.8 Å². The van der Waals surface area contributed by atoms with Gasteiger partial charge >= 0.3 is 0 Å². The monoisotopic (exact) mass is 406 g/mol. The van der Waals surface area contributed by atoms with Crippen molar-refractivity contribution in [3.8, 4) is 28.6 Å². The lowest BCUT2D eigenvalue weighted by Crippen LogP contribution is -1.95. The van der Waals surface area contributed by atoms with Gasteiger partial charge in [-0.15, -0.1) is 10.2 Å². The standard InChI is InChI=1S/C22H22N4O2S/c1-14-8-9-19(15(2)10-14)21-23-17(12-28-21)13-29-22-25-24-20(26(22)3)16-6-5-7-18(11-16)27-4/h5-12H,13H2,1-4H3. The van der Waals surface area contributed by atoms with Crippen LogP contribution in [-0.2, 0) is 12.8 Å². The zero-order chi connectivity index (χ0) is 20.4. The third-order valence-corrected chi connectivity index (χ3v) is 5.73. The third kappa shape index (κ3) is 4.05. The van der Waals surface area contributed by atoms with Gasteiger partial charge < -0.3 is 13.7 Å². The van der Waals surface area contributed by atoms with Gasteiger partial charge in [0.15, 0.2) is 11.0 Å². The first-order valence-electron chi connectivity index (χ1n) is 9.24. The van der Waals surface area contributed by atoms with E-state index in [0.29, 0.717) is 11.6 Å². The van der Waals surface area contributed by atoms with Crippen molar-refractivity contribution in [3.63, 3.8) is 0 Å². The average Bonchev–Trinajstić information content (AvgIpc) is 3.33. The number of aromatic nitrogens is 4. The minimum absolute atomic E-state index is 0.646. The van der Waals surface area contributed by atoms with Gasteiger partial charge in [-0.05, 0) is 37.6 Å². The maximum atomic E-state index is 5.71. The summed E-state index contributed by atoms with van der Waals surface area (Å²) in [7, 11) is 3.61. The van der Waals surface area contributed by atoms with Crippen molar-refractivity contribution >= 4 is 11.8 Å². The van der Waals surface area contributed by atoms with Crippen LogP contribution in [0, 0.1) is 13.8 Å². The van der Waals surface area contributed by atoms with Crippen LogP contribution in [0.4, 0.5) is 0 Å². The van der Waals surface area contributed by atoms with Gasteiger partial charge in [-0.2, -0.15) is 0 Å². The smallest absolute Gasteiger partial charge is 0.226 e. The number of hydrogen-bond donors (Lipinski definition) is 0. The number of ether oxygens (including phenoxy) is 1. The van der Waals surface area contributed by atoms with E-state index >= 15 is 0 Å². The molecule has 0 bridgehead atoms. The van der Waals surface area contributed by atoms with Crippen molar-refractivity contribution in [2.24, 2.45) is 7.05 Å². The molecule has 148 valence electrons. The molecule has 0 spiro atoms. The number of hydrogen-bond acceptors (Lipinski definition) is 6. The molecule has 2 aromatic heterocycles. The molecule has 0 atom stereocenters. The SMILES string of the molecule is COc1cccc(-c2nnc(SCc3coc(-c4ccc(C)cc4C)n3)n2C)c1. The molecule has 4 rings (SSSR count). The van der Waals surface area contributed by atoms with Crippen molar-refractivity contribution in [1.29, 1.82) is 0 Å². The Morgan fingerprint density at radius 3 is 2.76 bits per heavy atom. The molecule has 6 nitrogen and oxygen atoms in total. The highest BCUT2D eigenvalue weighted by Crippen LogP contribution is 2.29. The van der Waals surface area contributed by atoms with E-state index in [1.807, 2.05) is 35.9 Å². The van der Waals surface area contributed by atoms with E-state index in [-0.39, 0.29) is 0 Å². The predicted molar refractivity (Wildman–Crippen MR) is 114 cm³/mol. The van der Waals surface area contributed by atoms with Gasteiger partial charge in [0.05, 0.1) is 12.8 Å². The van der Waals surface area contributed by atoms with Gasteiger partial charge in [0.25, 0.3) is 0 Å². The van der Waals surface area contributed by atoms with Crippen LogP contribution in [0.2, 0.25) is 0 Å². The molecule has 0 radical (unpaired) electrons. The number of oxazole rings is 1. The molecule has 0 unspecified atom stereocenters. The predicted octanol–water partition coefficient (Wildman–Crippen LogP) is 5.05. The van der Waals surface area contributed by atoms with E-state index in [1.54, 1.807) is 25.1 Å². The summed E-state index contributed by atoms with van der Waals surface area (Å²) < 4.78 is 13.0.